The van der Waals surface area contributed by atoms with Crippen LogP contribution in [0.1, 0.15) is 0 Å². The fourth-order valence-electron chi connectivity index (χ4n) is 3.09. The average molecular weight is 418 g/mol. The highest BCUT2D eigenvalue weighted by molar-refractivity contribution is 5.82. The summed E-state index contributed by atoms with van der Waals surface area (Å²) in [6.45, 7) is 0. The Bertz CT molecular complexity index is 1220. The number of nitrogens with zero attached hydrogens (tertiary/aromatic N) is 3. The van der Waals surface area contributed by atoms with Gasteiger partial charge in [-0.3, -0.25) is 20.2 Å². The van der Waals surface area contributed by atoms with Crippen LogP contribution in [0.15, 0.2) is 66.7 Å². The molecular weight excluding hydrogens is 404 g/mol. The van der Waals surface area contributed by atoms with Crippen LogP contribution in [0.25, 0.3) is 33.9 Å². The number of hydrogen-bond donors (Lipinski definition) is 3. The Labute approximate surface area is 174 Å². The van der Waals surface area contributed by atoms with E-state index in [4.69, 9.17) is 0 Å². The molecule has 31 heavy (non-hydrogen) atoms. The highest BCUT2D eigenvalue weighted by Crippen LogP contribution is 2.36. The second-order valence-electron chi connectivity index (χ2n) is 6.62. The molecule has 0 aliphatic carbocycles. The van der Waals surface area contributed by atoms with Crippen LogP contribution >= 0.6 is 0 Å². The van der Waals surface area contributed by atoms with E-state index in [1.165, 1.54) is 36.4 Å². The number of H-pyrrole nitrogens is 1. The van der Waals surface area contributed by atoms with Gasteiger partial charge in [0.15, 0.2) is 11.5 Å². The second-order valence-corrected chi connectivity index (χ2v) is 6.62. The van der Waals surface area contributed by atoms with Crippen molar-refractivity contribution in [3.8, 4) is 45.4 Å². The zero-order valence-electron chi connectivity index (χ0n) is 15.7. The second kappa shape index (κ2) is 7.59. The molecule has 0 unspecified atom stereocenters. The molecule has 0 fully saturated rings. The number of nitro benzene ring substituents is 2. The van der Waals surface area contributed by atoms with Crippen molar-refractivity contribution in [3.05, 3.63) is 87.0 Å². The van der Waals surface area contributed by atoms with Gasteiger partial charge in [0, 0.05) is 41.0 Å². The molecule has 10 nitrogen and oxygen atoms in total. The number of aromatic amines is 1. The molecule has 0 spiro atoms. The van der Waals surface area contributed by atoms with Crippen molar-refractivity contribution in [2.24, 2.45) is 0 Å². The Morgan fingerprint density at radius 3 is 1.74 bits per heavy atom. The number of non-ortho nitro benzene ring substituents is 2. The maximum atomic E-state index is 11.0. The summed E-state index contributed by atoms with van der Waals surface area (Å²) in [6, 6.07) is 15.9. The maximum Gasteiger partial charge on any atom is 0.269 e. The van der Waals surface area contributed by atoms with E-state index in [9.17, 15) is 30.4 Å². The number of benzene rings is 3. The van der Waals surface area contributed by atoms with Gasteiger partial charge in [-0.1, -0.05) is 0 Å². The number of phenols is 2. The third kappa shape index (κ3) is 3.77. The van der Waals surface area contributed by atoms with E-state index in [0.717, 1.165) is 0 Å². The Balaban J connectivity index is 1.86. The molecule has 0 saturated heterocycles. The predicted molar refractivity (Wildman–Crippen MR) is 112 cm³/mol. The summed E-state index contributed by atoms with van der Waals surface area (Å²) >= 11 is 0. The molecule has 0 aliphatic heterocycles. The molecule has 4 rings (SSSR count). The van der Waals surface area contributed by atoms with Gasteiger partial charge < -0.3 is 15.2 Å². The minimum absolute atomic E-state index is 0.0659. The lowest BCUT2D eigenvalue weighted by Crippen LogP contribution is -1.89. The number of rotatable bonds is 5. The normalized spacial score (nSPS) is 10.7. The first-order valence-corrected chi connectivity index (χ1v) is 8.95. The van der Waals surface area contributed by atoms with Gasteiger partial charge in [-0.15, -0.1) is 0 Å². The van der Waals surface area contributed by atoms with Crippen LogP contribution in [0.3, 0.4) is 0 Å². The number of imidazole rings is 1. The summed E-state index contributed by atoms with van der Waals surface area (Å²) in [7, 11) is 0. The molecule has 1 heterocycles. The van der Waals surface area contributed by atoms with E-state index < -0.39 is 9.85 Å². The third-order valence-corrected chi connectivity index (χ3v) is 4.67. The van der Waals surface area contributed by atoms with E-state index in [-0.39, 0.29) is 22.9 Å². The smallest absolute Gasteiger partial charge is 0.269 e. The SMILES string of the molecule is O=[N+]([O-])c1ccc(-c2nc(-c3ccc(O)c(O)c3)[nH]c2-c2ccc([N+](=O)[O-])cc2)cc1. The number of nitro groups is 2. The van der Waals surface area contributed by atoms with Crippen molar-refractivity contribution < 1.29 is 20.1 Å². The van der Waals surface area contributed by atoms with Gasteiger partial charge in [-0.05, 0) is 42.5 Å². The Morgan fingerprint density at radius 1 is 0.710 bits per heavy atom. The van der Waals surface area contributed by atoms with Crippen molar-refractivity contribution in [2.75, 3.05) is 0 Å². The number of aromatic hydroxyl groups is 2. The van der Waals surface area contributed by atoms with Crippen LogP contribution in [0.5, 0.6) is 11.5 Å². The van der Waals surface area contributed by atoms with Gasteiger partial charge in [-0.2, -0.15) is 0 Å². The molecule has 10 heteroatoms. The first-order valence-electron chi connectivity index (χ1n) is 8.95. The van der Waals surface area contributed by atoms with Gasteiger partial charge in [0.25, 0.3) is 11.4 Å². The number of phenolic OH excluding ortho intramolecular Hbond substituents is 2. The molecule has 0 bridgehead atoms. The molecular formula is C21H14N4O6. The molecule has 154 valence electrons. The van der Waals surface area contributed by atoms with Gasteiger partial charge in [-0.25, -0.2) is 4.98 Å². The highest BCUT2D eigenvalue weighted by Gasteiger charge is 2.18. The quantitative estimate of drug-likeness (QED) is 0.242. The van der Waals surface area contributed by atoms with Crippen molar-refractivity contribution in [3.63, 3.8) is 0 Å². The monoisotopic (exact) mass is 418 g/mol. The van der Waals surface area contributed by atoms with Crippen LogP contribution in [-0.2, 0) is 0 Å². The van der Waals surface area contributed by atoms with E-state index in [1.807, 2.05) is 0 Å². The summed E-state index contributed by atoms with van der Waals surface area (Å²) in [4.78, 5) is 28.6. The third-order valence-electron chi connectivity index (χ3n) is 4.67. The van der Waals surface area contributed by atoms with Crippen LogP contribution in [0.2, 0.25) is 0 Å². The molecule has 0 amide bonds. The van der Waals surface area contributed by atoms with Crippen LogP contribution < -0.4 is 0 Å². The van der Waals surface area contributed by atoms with Gasteiger partial charge in [0.1, 0.15) is 5.82 Å². The van der Waals surface area contributed by atoms with Gasteiger partial charge in [0.2, 0.25) is 0 Å². The summed E-state index contributed by atoms with van der Waals surface area (Å²) in [6.07, 6.45) is 0. The number of nitrogens with one attached hydrogen (secondary N) is 1. The first-order chi connectivity index (χ1) is 14.8. The summed E-state index contributed by atoms with van der Waals surface area (Å²) in [5, 5.41) is 41.3. The summed E-state index contributed by atoms with van der Waals surface area (Å²) in [5.74, 6) is -0.221. The zero-order chi connectivity index (χ0) is 22.1. The van der Waals surface area contributed by atoms with Crippen LogP contribution in [-0.4, -0.2) is 30.0 Å². The van der Waals surface area contributed by atoms with Crippen LogP contribution in [0, 0.1) is 20.2 Å². The Kier molecular flexibility index (Phi) is 4.80. The lowest BCUT2D eigenvalue weighted by atomic mass is 10.0. The molecule has 0 radical (unpaired) electrons. The largest absolute Gasteiger partial charge is 0.504 e. The van der Waals surface area contributed by atoms with E-state index in [2.05, 4.69) is 9.97 Å². The fourth-order valence-corrected chi connectivity index (χ4v) is 3.09. The minimum Gasteiger partial charge on any atom is -0.504 e. The number of hydrogen-bond acceptors (Lipinski definition) is 7. The van der Waals surface area contributed by atoms with Crippen molar-refractivity contribution in [1.29, 1.82) is 0 Å². The van der Waals surface area contributed by atoms with E-state index in [1.54, 1.807) is 30.3 Å². The standard InChI is InChI=1S/C21H14N4O6/c26-17-10-5-14(11-18(17)27)21-22-19(12-1-6-15(7-2-12)24(28)29)20(23-21)13-3-8-16(9-4-13)25(30)31/h1-11,26-27H,(H,22,23). The zero-order valence-corrected chi connectivity index (χ0v) is 15.7. The van der Waals surface area contributed by atoms with Gasteiger partial charge in [0.05, 0.1) is 21.2 Å². The molecule has 4 aromatic rings. The maximum absolute atomic E-state index is 11.0. The summed E-state index contributed by atoms with van der Waals surface area (Å²) < 4.78 is 0. The number of aromatic nitrogens is 2. The topological polar surface area (TPSA) is 155 Å². The molecule has 3 aromatic carbocycles. The fraction of sp³-hybridized carbons (Fsp3) is 0. The molecule has 1 aromatic heterocycles. The lowest BCUT2D eigenvalue weighted by Gasteiger charge is -2.03. The van der Waals surface area contributed by atoms with Crippen LogP contribution in [0.4, 0.5) is 11.4 Å². The molecule has 0 aliphatic rings. The van der Waals surface area contributed by atoms with E-state index >= 15 is 0 Å². The Morgan fingerprint density at radius 2 is 1.23 bits per heavy atom. The molecule has 0 atom stereocenters. The van der Waals surface area contributed by atoms with E-state index in [0.29, 0.717) is 33.9 Å². The highest BCUT2D eigenvalue weighted by atomic mass is 16.6. The lowest BCUT2D eigenvalue weighted by molar-refractivity contribution is -0.385. The molecule has 0 saturated carbocycles. The minimum atomic E-state index is -0.504. The van der Waals surface area contributed by atoms with Gasteiger partial charge >= 0.3 is 0 Å². The predicted octanol–water partition coefficient (Wildman–Crippen LogP) is 4.64. The van der Waals surface area contributed by atoms with Crippen molar-refractivity contribution >= 4 is 11.4 Å². The average Bonchev–Trinajstić information content (AvgIpc) is 3.21. The van der Waals surface area contributed by atoms with Crippen molar-refractivity contribution in [1.82, 2.24) is 9.97 Å². The van der Waals surface area contributed by atoms with Crippen molar-refractivity contribution in [2.45, 2.75) is 0 Å². The first kappa shape index (κ1) is 19.6. The molecule has 3 N–H and O–H groups in total. The Hall–Kier alpha value is -4.73. The summed E-state index contributed by atoms with van der Waals surface area (Å²) in [5.41, 5.74) is 2.55.